The van der Waals surface area contributed by atoms with Gasteiger partial charge in [0.2, 0.25) is 11.1 Å². The predicted molar refractivity (Wildman–Crippen MR) is 91.8 cm³/mol. The van der Waals surface area contributed by atoms with Crippen LogP contribution < -0.4 is 5.84 Å². The second-order valence-electron chi connectivity index (χ2n) is 5.45. The maximum absolute atomic E-state index is 12.4. The summed E-state index contributed by atoms with van der Waals surface area (Å²) in [5, 5.41) is 9.03. The largest absolute Gasteiger partial charge is 0.342 e. The van der Waals surface area contributed by atoms with Crippen LogP contribution in [0.3, 0.4) is 0 Å². The van der Waals surface area contributed by atoms with Gasteiger partial charge in [-0.1, -0.05) is 35.5 Å². The smallest absolute Gasteiger partial charge is 0.235 e. The fourth-order valence-corrected chi connectivity index (χ4v) is 3.66. The quantitative estimate of drug-likeness (QED) is 0.676. The van der Waals surface area contributed by atoms with E-state index in [-0.39, 0.29) is 11.2 Å². The molecule has 1 saturated heterocycles. The highest BCUT2D eigenvalue weighted by Crippen LogP contribution is 2.29. The highest BCUT2D eigenvalue weighted by Gasteiger charge is 2.26. The van der Waals surface area contributed by atoms with Gasteiger partial charge in [0.25, 0.3) is 0 Å². The van der Waals surface area contributed by atoms with Crippen LogP contribution >= 0.6 is 23.4 Å². The van der Waals surface area contributed by atoms with Gasteiger partial charge in [-0.15, -0.1) is 10.2 Å². The molecule has 8 heteroatoms. The average molecular weight is 352 g/mol. The Morgan fingerprint density at radius 1 is 1.30 bits per heavy atom. The van der Waals surface area contributed by atoms with E-state index in [0.717, 1.165) is 31.5 Å². The summed E-state index contributed by atoms with van der Waals surface area (Å²) >= 11 is 7.49. The number of hydrogen-bond donors (Lipinski definition) is 1. The van der Waals surface area contributed by atoms with E-state index in [9.17, 15) is 4.79 Å². The fraction of sp³-hybridized carbons (Fsp3) is 0.400. The van der Waals surface area contributed by atoms with E-state index in [4.69, 9.17) is 17.4 Å². The number of carbonyl (C=O) groups is 1. The Balaban J connectivity index is 1.77. The zero-order chi connectivity index (χ0) is 16.4. The summed E-state index contributed by atoms with van der Waals surface area (Å²) in [5.74, 6) is 6.70. The van der Waals surface area contributed by atoms with E-state index in [1.807, 2.05) is 30.0 Å². The molecule has 1 aliphatic rings. The van der Waals surface area contributed by atoms with Gasteiger partial charge in [-0.2, -0.15) is 0 Å². The molecule has 6 nitrogen and oxygen atoms in total. The lowest BCUT2D eigenvalue weighted by Crippen LogP contribution is -2.34. The van der Waals surface area contributed by atoms with Crippen molar-refractivity contribution in [2.45, 2.75) is 30.2 Å². The maximum atomic E-state index is 12.4. The number of thioether (sulfide) groups is 1. The van der Waals surface area contributed by atoms with Crippen LogP contribution in [0.4, 0.5) is 0 Å². The van der Waals surface area contributed by atoms with Crippen molar-refractivity contribution < 1.29 is 4.79 Å². The van der Waals surface area contributed by atoms with Gasteiger partial charge in [-0.3, -0.25) is 4.79 Å². The number of rotatable bonds is 4. The van der Waals surface area contributed by atoms with Crippen molar-refractivity contribution >= 4 is 29.3 Å². The monoisotopic (exact) mass is 351 g/mol. The van der Waals surface area contributed by atoms with E-state index in [0.29, 0.717) is 16.0 Å². The highest BCUT2D eigenvalue weighted by molar-refractivity contribution is 8.00. The molecule has 0 bridgehead atoms. The minimum absolute atomic E-state index is 0.120. The SMILES string of the molecule is C[C@@H](Sc1nnc(-c2ccccc2Cl)n1N)C(=O)N1CCCC1. The second kappa shape index (κ2) is 6.80. The molecular formula is C15H18ClN5OS. The van der Waals surface area contributed by atoms with Crippen molar-refractivity contribution in [3.63, 3.8) is 0 Å². The molecule has 0 saturated carbocycles. The molecule has 1 fully saturated rings. The van der Waals surface area contributed by atoms with E-state index < -0.39 is 0 Å². The zero-order valence-electron chi connectivity index (χ0n) is 12.8. The fourth-order valence-electron chi connectivity index (χ4n) is 2.59. The number of nitrogens with two attached hydrogens (primary N) is 1. The third kappa shape index (κ3) is 3.30. The van der Waals surface area contributed by atoms with Crippen molar-refractivity contribution in [2.75, 3.05) is 18.9 Å². The number of aromatic nitrogens is 3. The molecule has 0 unspecified atom stereocenters. The number of benzene rings is 1. The summed E-state index contributed by atoms with van der Waals surface area (Å²) in [6.07, 6.45) is 2.15. The molecule has 1 aromatic carbocycles. The third-order valence-corrected chi connectivity index (χ3v) is 5.20. The van der Waals surface area contributed by atoms with Crippen LogP contribution in [-0.2, 0) is 4.79 Å². The molecule has 3 rings (SSSR count). The van der Waals surface area contributed by atoms with Gasteiger partial charge in [0, 0.05) is 18.7 Å². The minimum Gasteiger partial charge on any atom is -0.342 e. The molecule has 122 valence electrons. The number of hydrogen-bond acceptors (Lipinski definition) is 5. The Bertz CT molecular complexity index is 714. The highest BCUT2D eigenvalue weighted by atomic mass is 35.5. The Kier molecular flexibility index (Phi) is 4.77. The summed E-state index contributed by atoms with van der Waals surface area (Å²) < 4.78 is 1.39. The molecule has 2 aromatic rings. The van der Waals surface area contributed by atoms with Gasteiger partial charge < -0.3 is 10.7 Å². The van der Waals surface area contributed by atoms with Crippen LogP contribution in [-0.4, -0.2) is 44.0 Å². The molecule has 23 heavy (non-hydrogen) atoms. The van der Waals surface area contributed by atoms with Crippen molar-refractivity contribution in [1.82, 2.24) is 19.8 Å². The Hall–Kier alpha value is -1.73. The third-order valence-electron chi connectivity index (χ3n) is 3.83. The first-order chi connectivity index (χ1) is 11.1. The zero-order valence-corrected chi connectivity index (χ0v) is 14.3. The van der Waals surface area contributed by atoms with Crippen LogP contribution in [0.15, 0.2) is 29.4 Å². The first-order valence-electron chi connectivity index (χ1n) is 7.48. The molecule has 1 atom stereocenters. The summed E-state index contributed by atoms with van der Waals surface area (Å²) in [5.41, 5.74) is 0.717. The van der Waals surface area contributed by atoms with Crippen LogP contribution in [0.1, 0.15) is 19.8 Å². The summed E-state index contributed by atoms with van der Waals surface area (Å²) in [6, 6.07) is 7.32. The number of likely N-dealkylation sites (tertiary alicyclic amines) is 1. The molecule has 0 aliphatic carbocycles. The van der Waals surface area contributed by atoms with E-state index in [1.165, 1.54) is 16.4 Å². The van der Waals surface area contributed by atoms with Gasteiger partial charge in [0.05, 0.1) is 10.3 Å². The molecule has 0 radical (unpaired) electrons. The summed E-state index contributed by atoms with van der Waals surface area (Å²) in [4.78, 5) is 14.3. The van der Waals surface area contributed by atoms with Crippen LogP contribution in [0.25, 0.3) is 11.4 Å². The summed E-state index contributed by atoms with van der Waals surface area (Å²) in [6.45, 7) is 3.54. The molecular weight excluding hydrogens is 334 g/mol. The van der Waals surface area contributed by atoms with Gasteiger partial charge in [0.1, 0.15) is 0 Å². The number of nitrogen functional groups attached to an aromatic ring is 1. The number of amides is 1. The maximum Gasteiger partial charge on any atom is 0.235 e. The lowest BCUT2D eigenvalue weighted by Gasteiger charge is -2.19. The topological polar surface area (TPSA) is 77.0 Å². The van der Waals surface area contributed by atoms with Gasteiger partial charge >= 0.3 is 0 Å². The Morgan fingerprint density at radius 3 is 2.70 bits per heavy atom. The average Bonchev–Trinajstić information content (AvgIpc) is 3.19. The van der Waals surface area contributed by atoms with E-state index in [2.05, 4.69) is 10.2 Å². The van der Waals surface area contributed by atoms with Crippen molar-refractivity contribution in [2.24, 2.45) is 0 Å². The van der Waals surface area contributed by atoms with Crippen LogP contribution in [0, 0.1) is 0 Å². The number of nitrogens with zero attached hydrogens (tertiary/aromatic N) is 4. The van der Waals surface area contributed by atoms with Gasteiger partial charge in [-0.05, 0) is 31.9 Å². The van der Waals surface area contributed by atoms with Gasteiger partial charge in [0.15, 0.2) is 5.82 Å². The van der Waals surface area contributed by atoms with Gasteiger partial charge in [-0.25, -0.2) is 4.68 Å². The summed E-state index contributed by atoms with van der Waals surface area (Å²) in [7, 11) is 0. The second-order valence-corrected chi connectivity index (χ2v) is 7.16. The van der Waals surface area contributed by atoms with Crippen LogP contribution in [0.5, 0.6) is 0 Å². The predicted octanol–water partition coefficient (Wildman–Crippen LogP) is 2.42. The van der Waals surface area contributed by atoms with Crippen LogP contribution in [0.2, 0.25) is 5.02 Å². The number of halogens is 1. The number of carbonyl (C=O) groups excluding carboxylic acids is 1. The molecule has 0 spiro atoms. The lowest BCUT2D eigenvalue weighted by molar-refractivity contribution is -0.129. The molecule has 2 N–H and O–H groups in total. The first kappa shape index (κ1) is 16.1. The lowest BCUT2D eigenvalue weighted by atomic mass is 10.2. The minimum atomic E-state index is -0.251. The molecule has 1 aromatic heterocycles. The Morgan fingerprint density at radius 2 is 2.00 bits per heavy atom. The molecule has 1 aliphatic heterocycles. The van der Waals surface area contributed by atoms with Crippen molar-refractivity contribution in [3.05, 3.63) is 29.3 Å². The normalized spacial score (nSPS) is 15.8. The molecule has 2 heterocycles. The van der Waals surface area contributed by atoms with Crippen molar-refractivity contribution in [3.8, 4) is 11.4 Å². The van der Waals surface area contributed by atoms with Crippen molar-refractivity contribution in [1.29, 1.82) is 0 Å². The molecule has 1 amide bonds. The first-order valence-corrected chi connectivity index (χ1v) is 8.74. The standard InChI is InChI=1S/C15H18ClN5OS/c1-10(14(22)20-8-4-5-9-20)23-15-19-18-13(21(15)17)11-6-2-3-7-12(11)16/h2-3,6-7,10H,4-5,8-9,17H2,1H3/t10-/m1/s1. The van der Waals surface area contributed by atoms with E-state index in [1.54, 1.807) is 6.07 Å². The van der Waals surface area contributed by atoms with E-state index >= 15 is 0 Å². The Labute approximate surface area is 144 Å².